The molecular formula is C13H18N4O2S2. The molecule has 6 nitrogen and oxygen atoms in total. The fraction of sp³-hybridized carbons (Fsp3) is 0.385. The van der Waals surface area contributed by atoms with Crippen molar-refractivity contribution in [1.82, 2.24) is 9.97 Å². The van der Waals surface area contributed by atoms with Crippen LogP contribution in [0.1, 0.15) is 23.9 Å². The van der Waals surface area contributed by atoms with Crippen LogP contribution in [-0.4, -0.2) is 24.9 Å². The van der Waals surface area contributed by atoms with Gasteiger partial charge in [0.2, 0.25) is 0 Å². The topological polar surface area (TPSA) is 84.0 Å². The molecule has 0 aliphatic rings. The summed E-state index contributed by atoms with van der Waals surface area (Å²) in [5.74, 6) is 0.664. The minimum atomic E-state index is -3.65. The second-order valence-electron chi connectivity index (χ2n) is 4.57. The predicted molar refractivity (Wildman–Crippen MR) is 85.4 cm³/mol. The molecule has 2 aromatic rings. The van der Waals surface area contributed by atoms with Crippen LogP contribution in [-0.2, 0) is 10.0 Å². The van der Waals surface area contributed by atoms with Gasteiger partial charge in [-0.3, -0.25) is 4.72 Å². The van der Waals surface area contributed by atoms with Gasteiger partial charge in [-0.2, -0.15) is 0 Å². The van der Waals surface area contributed by atoms with Crippen LogP contribution in [0, 0.1) is 13.8 Å². The summed E-state index contributed by atoms with van der Waals surface area (Å²) in [5.41, 5.74) is 0.829. The number of hydrogen-bond acceptors (Lipinski definition) is 6. The second kappa shape index (κ2) is 6.40. The first-order chi connectivity index (χ1) is 9.92. The maximum atomic E-state index is 12.2. The van der Waals surface area contributed by atoms with Crippen molar-refractivity contribution in [2.45, 2.75) is 32.1 Å². The van der Waals surface area contributed by atoms with Crippen molar-refractivity contribution in [2.75, 3.05) is 16.6 Å². The molecule has 0 radical (unpaired) electrons. The highest BCUT2D eigenvalue weighted by Crippen LogP contribution is 2.24. The van der Waals surface area contributed by atoms with E-state index in [2.05, 4.69) is 20.0 Å². The molecule has 0 spiro atoms. The molecule has 0 saturated heterocycles. The Kier molecular flexibility index (Phi) is 4.79. The molecule has 0 aromatic carbocycles. The lowest BCUT2D eigenvalue weighted by Crippen LogP contribution is -2.13. The van der Waals surface area contributed by atoms with Crippen LogP contribution in [0.5, 0.6) is 0 Å². The monoisotopic (exact) mass is 326 g/mol. The van der Waals surface area contributed by atoms with E-state index in [1.165, 1.54) is 23.6 Å². The maximum Gasteiger partial charge on any atom is 0.265 e. The van der Waals surface area contributed by atoms with Gasteiger partial charge in [0.05, 0.1) is 5.69 Å². The van der Waals surface area contributed by atoms with Gasteiger partial charge in [-0.15, -0.1) is 11.3 Å². The van der Waals surface area contributed by atoms with Crippen molar-refractivity contribution in [3.05, 3.63) is 28.9 Å². The van der Waals surface area contributed by atoms with E-state index in [0.29, 0.717) is 10.9 Å². The third-order valence-corrected chi connectivity index (χ3v) is 5.29. The number of thiazole rings is 1. The Bertz CT molecular complexity index is 689. The molecule has 0 aliphatic heterocycles. The number of aryl methyl sites for hydroxylation is 2. The zero-order chi connectivity index (χ0) is 15.5. The summed E-state index contributed by atoms with van der Waals surface area (Å²) in [6.45, 7) is 6.60. The first-order valence-electron chi connectivity index (χ1n) is 6.59. The van der Waals surface area contributed by atoms with E-state index in [9.17, 15) is 8.42 Å². The van der Waals surface area contributed by atoms with E-state index in [0.717, 1.165) is 23.5 Å². The van der Waals surface area contributed by atoms with Crippen molar-refractivity contribution in [3.8, 4) is 0 Å². The summed E-state index contributed by atoms with van der Waals surface area (Å²) >= 11 is 1.32. The highest BCUT2D eigenvalue weighted by Gasteiger charge is 2.17. The van der Waals surface area contributed by atoms with Crippen molar-refractivity contribution >= 4 is 32.3 Å². The fourth-order valence-corrected chi connectivity index (χ4v) is 3.58. The van der Waals surface area contributed by atoms with Crippen molar-refractivity contribution < 1.29 is 8.42 Å². The Hall–Kier alpha value is -1.67. The summed E-state index contributed by atoms with van der Waals surface area (Å²) in [7, 11) is -3.65. The maximum absolute atomic E-state index is 12.2. The Balaban J connectivity index is 2.15. The Morgan fingerprint density at radius 1 is 1.29 bits per heavy atom. The number of anilines is 2. The van der Waals surface area contributed by atoms with Gasteiger partial charge in [-0.05, 0) is 32.4 Å². The van der Waals surface area contributed by atoms with Crippen LogP contribution >= 0.6 is 11.3 Å². The normalized spacial score (nSPS) is 11.4. The molecule has 0 aliphatic carbocycles. The molecule has 8 heteroatoms. The van der Waals surface area contributed by atoms with Crippen LogP contribution in [0.4, 0.5) is 10.9 Å². The molecule has 114 valence electrons. The van der Waals surface area contributed by atoms with Gasteiger partial charge in [0.25, 0.3) is 10.0 Å². The zero-order valence-electron chi connectivity index (χ0n) is 12.2. The van der Waals surface area contributed by atoms with Crippen LogP contribution in [0.3, 0.4) is 0 Å². The van der Waals surface area contributed by atoms with Crippen LogP contribution < -0.4 is 10.0 Å². The summed E-state index contributed by atoms with van der Waals surface area (Å²) < 4.78 is 27.0. The van der Waals surface area contributed by atoms with Crippen LogP contribution in [0.2, 0.25) is 0 Å². The van der Waals surface area contributed by atoms with E-state index >= 15 is 0 Å². The molecule has 0 saturated carbocycles. The fourth-order valence-electron chi connectivity index (χ4n) is 1.59. The molecule has 0 amide bonds. The standard InChI is InChI=1S/C13H18N4O2S2/c1-4-7-14-12-6-5-11(8-15-12)21(18,19)17-13-16-9(2)10(3)20-13/h5-6,8H,4,7H2,1-3H3,(H,14,15)(H,16,17). The minimum Gasteiger partial charge on any atom is -0.370 e. The van der Waals surface area contributed by atoms with E-state index in [4.69, 9.17) is 0 Å². The molecule has 2 rings (SSSR count). The van der Waals surface area contributed by atoms with Crippen LogP contribution in [0.15, 0.2) is 23.2 Å². The predicted octanol–water partition coefficient (Wildman–Crippen LogP) is 2.78. The third-order valence-electron chi connectivity index (χ3n) is 2.85. The second-order valence-corrected chi connectivity index (χ2v) is 7.46. The van der Waals surface area contributed by atoms with Gasteiger partial charge in [0.1, 0.15) is 10.7 Å². The molecule has 0 bridgehead atoms. The molecule has 2 aromatic heterocycles. The summed E-state index contributed by atoms with van der Waals surface area (Å²) in [5, 5.41) is 3.47. The molecule has 21 heavy (non-hydrogen) atoms. The number of nitrogens with zero attached hydrogens (tertiary/aromatic N) is 2. The summed E-state index contributed by atoms with van der Waals surface area (Å²) in [6.07, 6.45) is 2.32. The molecule has 0 unspecified atom stereocenters. The average molecular weight is 326 g/mol. The van der Waals surface area contributed by atoms with Crippen LogP contribution in [0.25, 0.3) is 0 Å². The Morgan fingerprint density at radius 2 is 2.05 bits per heavy atom. The van der Waals surface area contributed by atoms with E-state index in [1.807, 2.05) is 20.8 Å². The van der Waals surface area contributed by atoms with Crippen molar-refractivity contribution in [2.24, 2.45) is 0 Å². The lowest BCUT2D eigenvalue weighted by Gasteiger charge is -2.07. The molecule has 2 heterocycles. The van der Waals surface area contributed by atoms with Gasteiger partial charge in [0, 0.05) is 17.6 Å². The Morgan fingerprint density at radius 3 is 2.57 bits per heavy atom. The smallest absolute Gasteiger partial charge is 0.265 e. The summed E-state index contributed by atoms with van der Waals surface area (Å²) in [4.78, 5) is 9.39. The highest BCUT2D eigenvalue weighted by molar-refractivity contribution is 7.93. The average Bonchev–Trinajstić information content (AvgIpc) is 2.74. The molecule has 2 N–H and O–H groups in total. The number of hydrogen-bond donors (Lipinski definition) is 2. The summed E-state index contributed by atoms with van der Waals surface area (Å²) in [6, 6.07) is 3.18. The highest BCUT2D eigenvalue weighted by atomic mass is 32.2. The number of pyridine rings is 1. The van der Waals surface area contributed by atoms with Gasteiger partial charge in [0.15, 0.2) is 5.13 Å². The van der Waals surface area contributed by atoms with Crippen molar-refractivity contribution in [1.29, 1.82) is 0 Å². The number of aromatic nitrogens is 2. The number of sulfonamides is 1. The SMILES string of the molecule is CCCNc1ccc(S(=O)(=O)Nc2nc(C)c(C)s2)cn1. The first-order valence-corrected chi connectivity index (χ1v) is 8.89. The number of nitrogens with one attached hydrogen (secondary N) is 2. The van der Waals surface area contributed by atoms with E-state index in [1.54, 1.807) is 6.07 Å². The molecule has 0 fully saturated rings. The van der Waals surface area contributed by atoms with Gasteiger partial charge < -0.3 is 5.32 Å². The minimum absolute atomic E-state index is 0.120. The lowest BCUT2D eigenvalue weighted by molar-refractivity contribution is 0.601. The van der Waals surface area contributed by atoms with E-state index < -0.39 is 10.0 Å². The first kappa shape index (κ1) is 15.7. The lowest BCUT2D eigenvalue weighted by atomic mass is 10.4. The third kappa shape index (κ3) is 3.92. The van der Waals surface area contributed by atoms with Gasteiger partial charge in [-0.25, -0.2) is 18.4 Å². The van der Waals surface area contributed by atoms with E-state index in [-0.39, 0.29) is 4.90 Å². The Labute approximate surface area is 128 Å². The number of rotatable bonds is 6. The largest absolute Gasteiger partial charge is 0.370 e. The molecule has 0 atom stereocenters. The van der Waals surface area contributed by atoms with Gasteiger partial charge >= 0.3 is 0 Å². The molecular weight excluding hydrogens is 308 g/mol. The zero-order valence-corrected chi connectivity index (χ0v) is 13.8. The quantitative estimate of drug-likeness (QED) is 0.853. The van der Waals surface area contributed by atoms with Gasteiger partial charge in [-0.1, -0.05) is 6.92 Å². The van der Waals surface area contributed by atoms with Crippen molar-refractivity contribution in [3.63, 3.8) is 0 Å².